The monoisotopic (exact) mass is 336 g/mol. The number of benzene rings is 1. The number of hydrogen-bond acceptors (Lipinski definition) is 5. The van der Waals surface area contributed by atoms with Crippen LogP contribution in [-0.2, 0) is 19.6 Å². The molecule has 108 valence electrons. The maximum Gasteiger partial charge on any atom is 0.245 e. The van der Waals surface area contributed by atoms with Gasteiger partial charge in [0.2, 0.25) is 16.1 Å². The van der Waals surface area contributed by atoms with E-state index < -0.39 is 16.2 Å². The molecule has 1 unspecified atom stereocenters. The third-order valence-electron chi connectivity index (χ3n) is 2.70. The Bertz CT molecular complexity index is 638. The predicted octanol–water partition coefficient (Wildman–Crippen LogP) is 1.68. The zero-order valence-corrected chi connectivity index (χ0v) is 12.5. The molecule has 1 aromatic rings. The SMILES string of the molecule is O=C=NC1COCCN1S(=O)(=O)c1cc(Cl)cc(Cl)c1. The summed E-state index contributed by atoms with van der Waals surface area (Å²) in [7, 11) is -3.87. The lowest BCUT2D eigenvalue weighted by Crippen LogP contribution is -2.47. The molecule has 1 saturated heterocycles. The van der Waals surface area contributed by atoms with Crippen LogP contribution in [0.25, 0.3) is 0 Å². The van der Waals surface area contributed by atoms with Gasteiger partial charge in [0.25, 0.3) is 0 Å². The van der Waals surface area contributed by atoms with E-state index in [0.717, 1.165) is 4.31 Å². The molecule has 0 bridgehead atoms. The summed E-state index contributed by atoms with van der Waals surface area (Å²) in [5.41, 5.74) is 0. The van der Waals surface area contributed by atoms with Gasteiger partial charge in [0.15, 0.2) is 6.17 Å². The molecule has 0 saturated carbocycles. The molecule has 1 aliphatic rings. The first-order valence-electron chi connectivity index (χ1n) is 5.58. The van der Waals surface area contributed by atoms with Crippen LogP contribution in [0, 0.1) is 0 Å². The minimum atomic E-state index is -3.87. The van der Waals surface area contributed by atoms with Crippen LogP contribution in [0.3, 0.4) is 0 Å². The van der Waals surface area contributed by atoms with E-state index in [-0.39, 0.29) is 34.7 Å². The van der Waals surface area contributed by atoms with Crippen LogP contribution in [0.1, 0.15) is 0 Å². The van der Waals surface area contributed by atoms with Gasteiger partial charge in [-0.05, 0) is 18.2 Å². The molecule has 2 rings (SSSR count). The standard InChI is InChI=1S/C11H10Cl2N2O4S/c12-8-3-9(13)5-10(4-8)20(17,18)15-1-2-19-6-11(15)14-7-16/h3-5,11H,1-2,6H2. The van der Waals surface area contributed by atoms with Crippen molar-refractivity contribution in [3.8, 4) is 0 Å². The number of nitrogens with zero attached hydrogens (tertiary/aromatic N) is 2. The fourth-order valence-electron chi connectivity index (χ4n) is 1.83. The van der Waals surface area contributed by atoms with Gasteiger partial charge in [-0.2, -0.15) is 9.30 Å². The fraction of sp³-hybridized carbons (Fsp3) is 0.364. The summed E-state index contributed by atoms with van der Waals surface area (Å²) >= 11 is 11.6. The van der Waals surface area contributed by atoms with Gasteiger partial charge in [0.1, 0.15) is 0 Å². The Hall–Kier alpha value is -0.950. The summed E-state index contributed by atoms with van der Waals surface area (Å²) in [5, 5.41) is 0.416. The maximum absolute atomic E-state index is 12.5. The van der Waals surface area contributed by atoms with Crippen LogP contribution in [0.4, 0.5) is 0 Å². The van der Waals surface area contributed by atoms with Crippen molar-refractivity contribution in [3.63, 3.8) is 0 Å². The highest BCUT2D eigenvalue weighted by atomic mass is 35.5. The second-order valence-electron chi connectivity index (χ2n) is 4.00. The van der Waals surface area contributed by atoms with E-state index in [0.29, 0.717) is 0 Å². The van der Waals surface area contributed by atoms with E-state index in [1.165, 1.54) is 24.3 Å². The van der Waals surface area contributed by atoms with Gasteiger partial charge in [0, 0.05) is 16.6 Å². The molecular formula is C11H10Cl2N2O4S. The topological polar surface area (TPSA) is 76.0 Å². The van der Waals surface area contributed by atoms with Crippen LogP contribution >= 0.6 is 23.2 Å². The van der Waals surface area contributed by atoms with Crippen LogP contribution in [0.5, 0.6) is 0 Å². The number of morpholine rings is 1. The second-order valence-corrected chi connectivity index (χ2v) is 6.76. The molecule has 20 heavy (non-hydrogen) atoms. The quantitative estimate of drug-likeness (QED) is 0.621. The zero-order chi connectivity index (χ0) is 14.8. The first-order chi connectivity index (χ1) is 9.45. The van der Waals surface area contributed by atoms with Crippen molar-refractivity contribution < 1.29 is 17.9 Å². The average molecular weight is 337 g/mol. The molecular weight excluding hydrogens is 327 g/mol. The summed E-state index contributed by atoms with van der Waals surface area (Å²) in [4.78, 5) is 13.8. The molecule has 0 spiro atoms. The number of rotatable bonds is 3. The van der Waals surface area contributed by atoms with E-state index in [1.807, 2.05) is 0 Å². The molecule has 1 atom stereocenters. The third kappa shape index (κ3) is 3.20. The Morgan fingerprint density at radius 3 is 2.55 bits per heavy atom. The first-order valence-corrected chi connectivity index (χ1v) is 7.77. The smallest absolute Gasteiger partial charge is 0.245 e. The lowest BCUT2D eigenvalue weighted by Gasteiger charge is -2.31. The third-order valence-corrected chi connectivity index (χ3v) is 5.01. The predicted molar refractivity (Wildman–Crippen MR) is 73.1 cm³/mol. The van der Waals surface area contributed by atoms with E-state index in [1.54, 1.807) is 0 Å². The Kier molecular flexibility index (Phi) is 4.80. The first kappa shape index (κ1) is 15.4. The van der Waals surface area contributed by atoms with Gasteiger partial charge in [-0.1, -0.05) is 23.2 Å². The Balaban J connectivity index is 2.44. The molecule has 0 aliphatic carbocycles. The summed E-state index contributed by atoms with van der Waals surface area (Å²) in [5.74, 6) is 0. The van der Waals surface area contributed by atoms with Gasteiger partial charge in [-0.15, -0.1) is 0 Å². The minimum Gasteiger partial charge on any atom is -0.376 e. The van der Waals surface area contributed by atoms with Crippen molar-refractivity contribution in [1.82, 2.24) is 4.31 Å². The van der Waals surface area contributed by atoms with Gasteiger partial charge < -0.3 is 4.74 Å². The maximum atomic E-state index is 12.5. The minimum absolute atomic E-state index is 0.00275. The average Bonchev–Trinajstić information content (AvgIpc) is 2.38. The number of halogens is 2. The lowest BCUT2D eigenvalue weighted by atomic mass is 10.4. The van der Waals surface area contributed by atoms with E-state index >= 15 is 0 Å². The molecule has 1 heterocycles. The number of sulfonamides is 1. The van der Waals surface area contributed by atoms with Crippen LogP contribution in [-0.4, -0.2) is 44.7 Å². The van der Waals surface area contributed by atoms with Gasteiger partial charge >= 0.3 is 0 Å². The molecule has 1 aromatic carbocycles. The second kappa shape index (κ2) is 6.22. The molecule has 9 heteroatoms. The number of aliphatic imine (C=N–C) groups is 1. The largest absolute Gasteiger partial charge is 0.376 e. The van der Waals surface area contributed by atoms with Crippen LogP contribution in [0.15, 0.2) is 28.1 Å². The molecule has 0 aromatic heterocycles. The Morgan fingerprint density at radius 1 is 1.30 bits per heavy atom. The van der Waals surface area contributed by atoms with Gasteiger partial charge in [-0.3, -0.25) is 0 Å². The van der Waals surface area contributed by atoms with Gasteiger partial charge in [-0.25, -0.2) is 13.2 Å². The number of carbonyl (C=O) groups excluding carboxylic acids is 1. The highest BCUT2D eigenvalue weighted by Gasteiger charge is 2.34. The summed E-state index contributed by atoms with van der Waals surface area (Å²) in [6.45, 7) is 0.309. The van der Waals surface area contributed by atoms with Crippen molar-refractivity contribution in [2.75, 3.05) is 19.8 Å². The van der Waals surface area contributed by atoms with Crippen molar-refractivity contribution in [1.29, 1.82) is 0 Å². The highest BCUT2D eigenvalue weighted by molar-refractivity contribution is 7.89. The highest BCUT2D eigenvalue weighted by Crippen LogP contribution is 2.26. The zero-order valence-electron chi connectivity index (χ0n) is 10.1. The van der Waals surface area contributed by atoms with Crippen LogP contribution < -0.4 is 0 Å². The number of isocyanates is 1. The molecule has 1 fully saturated rings. The van der Waals surface area contributed by atoms with E-state index in [9.17, 15) is 13.2 Å². The molecule has 0 N–H and O–H groups in total. The molecule has 0 amide bonds. The molecule has 0 radical (unpaired) electrons. The number of hydrogen-bond donors (Lipinski definition) is 0. The van der Waals surface area contributed by atoms with E-state index in [4.69, 9.17) is 27.9 Å². The van der Waals surface area contributed by atoms with Crippen molar-refractivity contribution >= 4 is 39.3 Å². The summed E-state index contributed by atoms with van der Waals surface area (Å²) in [6.07, 6.45) is 0.424. The molecule has 6 nitrogen and oxygen atoms in total. The summed E-state index contributed by atoms with van der Waals surface area (Å²) in [6, 6.07) is 4.02. The normalized spacial score (nSPS) is 20.4. The van der Waals surface area contributed by atoms with Crippen molar-refractivity contribution in [3.05, 3.63) is 28.2 Å². The summed E-state index contributed by atoms with van der Waals surface area (Å²) < 4.78 is 31.3. The van der Waals surface area contributed by atoms with Crippen molar-refractivity contribution in [2.45, 2.75) is 11.1 Å². The Morgan fingerprint density at radius 2 is 1.95 bits per heavy atom. The Labute approximate surface area is 126 Å². The van der Waals surface area contributed by atoms with Gasteiger partial charge in [0.05, 0.1) is 18.1 Å². The fourth-order valence-corrected chi connectivity index (χ4v) is 4.05. The lowest BCUT2D eigenvalue weighted by molar-refractivity contribution is 0.0359. The van der Waals surface area contributed by atoms with Crippen LogP contribution in [0.2, 0.25) is 10.0 Å². The van der Waals surface area contributed by atoms with Crippen molar-refractivity contribution in [2.24, 2.45) is 4.99 Å². The van der Waals surface area contributed by atoms with E-state index in [2.05, 4.69) is 4.99 Å². The number of ether oxygens (including phenoxy) is 1. The molecule has 1 aliphatic heterocycles.